The van der Waals surface area contributed by atoms with Crippen LogP contribution in [0.5, 0.6) is 0 Å². The van der Waals surface area contributed by atoms with E-state index in [-0.39, 0.29) is 11.9 Å². The quantitative estimate of drug-likeness (QED) is 0.0489. The van der Waals surface area contributed by atoms with Gasteiger partial charge in [0.25, 0.3) is 0 Å². The third-order valence-corrected chi connectivity index (χ3v) is 12.2. The lowest BCUT2D eigenvalue weighted by atomic mass is 9.88. The van der Waals surface area contributed by atoms with Crippen molar-refractivity contribution < 1.29 is 50.9 Å². The molecular weight excluding hydrogens is 701 g/mol. The second-order valence-electron chi connectivity index (χ2n) is 11.9. The molecule has 0 aliphatic rings. The van der Waals surface area contributed by atoms with Gasteiger partial charge < -0.3 is 26.2 Å². The van der Waals surface area contributed by atoms with E-state index in [0.717, 1.165) is 25.4 Å². The fraction of sp³-hybridized carbons (Fsp3) is 0.371. The third kappa shape index (κ3) is 15.0. The number of carbonyl (C=O) groups excluding carboxylic acids is 1. The molecule has 0 saturated heterocycles. The molecule has 0 atom stereocenters. The average molecular weight is 746 g/mol. The van der Waals surface area contributed by atoms with E-state index in [1.54, 1.807) is 11.9 Å². The summed E-state index contributed by atoms with van der Waals surface area (Å²) in [6, 6.07) is 33.0. The lowest BCUT2D eigenvalue weighted by molar-refractivity contribution is -0.193. The molecule has 0 heterocycles. The molecular formula is C35H44F6N4O5P+. The van der Waals surface area contributed by atoms with E-state index >= 15 is 0 Å². The molecule has 9 nitrogen and oxygen atoms in total. The Labute approximate surface area is 293 Å². The predicted octanol–water partition coefficient (Wildman–Crippen LogP) is 5.78. The van der Waals surface area contributed by atoms with Crippen LogP contribution in [0.4, 0.5) is 26.3 Å². The number of guanidine groups is 1. The molecule has 0 unspecified atom stereocenters. The minimum atomic E-state index is -5.08. The van der Waals surface area contributed by atoms with Gasteiger partial charge in [0.05, 0.1) is 6.16 Å². The maximum Gasteiger partial charge on any atom is 0.490 e. The summed E-state index contributed by atoms with van der Waals surface area (Å²) in [5.74, 6) is -5.43. The minimum Gasteiger partial charge on any atom is -0.475 e. The van der Waals surface area contributed by atoms with Gasteiger partial charge in [0.15, 0.2) is 5.96 Å². The molecule has 0 aromatic heterocycles. The zero-order valence-electron chi connectivity index (χ0n) is 28.5. The standard InChI is InChI=1S/C31H41N4OP.2C2HF3O2/c1-31(2,22-24-35(3)30(32)33)29(36)34-23-14-7-15-25-37(26-16-8-4-9-17-26,27-18-10-5-11-19-27)28-20-12-6-13-21-28;2*3-2(4,5)1(6)7/h4-6,8-13,16-21H,7,14-15,22-25H2,1-3H3,(H3-,32,33,34,36);2*(H,6,7)/p+1. The number of nitrogens with one attached hydrogen (secondary N) is 2. The summed E-state index contributed by atoms with van der Waals surface area (Å²) >= 11 is 0. The first-order valence-electron chi connectivity index (χ1n) is 15.6. The number of alkyl halides is 6. The van der Waals surface area contributed by atoms with E-state index in [1.165, 1.54) is 15.9 Å². The molecule has 0 fully saturated rings. The second-order valence-corrected chi connectivity index (χ2v) is 15.5. The molecule has 280 valence electrons. The molecule has 1 amide bonds. The molecule has 0 spiro atoms. The second kappa shape index (κ2) is 20.3. The SMILES string of the molecule is CN(CCC(C)(C)C(=O)NCCCCC[P+](c1ccccc1)(c1ccccc1)c1ccccc1)C(=N)N.O=C(O)C(F)(F)F.O=C(O)C(F)(F)F. The molecule has 16 heteroatoms. The number of carbonyl (C=O) groups is 3. The summed E-state index contributed by atoms with van der Waals surface area (Å²) in [6.45, 7) is 5.17. The summed E-state index contributed by atoms with van der Waals surface area (Å²) in [7, 11) is -0.0167. The summed E-state index contributed by atoms with van der Waals surface area (Å²) in [5, 5.41) is 29.1. The van der Waals surface area contributed by atoms with E-state index < -0.39 is 37.0 Å². The molecule has 3 aromatic carbocycles. The maximum atomic E-state index is 12.8. The molecule has 0 aliphatic carbocycles. The number of hydrogen-bond acceptors (Lipinski definition) is 4. The minimum absolute atomic E-state index is 0.0247. The van der Waals surface area contributed by atoms with Gasteiger partial charge in [0.2, 0.25) is 5.91 Å². The number of halogens is 6. The number of amides is 1. The third-order valence-electron chi connectivity index (χ3n) is 7.63. The average Bonchev–Trinajstić information content (AvgIpc) is 3.07. The first-order valence-corrected chi connectivity index (χ1v) is 17.6. The first kappa shape index (κ1) is 44.4. The number of rotatable bonds is 13. The van der Waals surface area contributed by atoms with E-state index in [4.69, 9.17) is 30.9 Å². The van der Waals surface area contributed by atoms with Crippen molar-refractivity contribution in [2.45, 2.75) is 51.9 Å². The number of nitrogens with zero attached hydrogens (tertiary/aromatic N) is 1. The smallest absolute Gasteiger partial charge is 0.475 e. The van der Waals surface area contributed by atoms with Gasteiger partial charge in [-0.1, -0.05) is 68.4 Å². The van der Waals surface area contributed by atoms with Crippen LogP contribution >= 0.6 is 7.26 Å². The zero-order chi connectivity index (χ0) is 38.9. The molecule has 3 rings (SSSR count). The van der Waals surface area contributed by atoms with Crippen molar-refractivity contribution in [2.75, 3.05) is 26.3 Å². The van der Waals surface area contributed by atoms with Crippen LogP contribution in [0, 0.1) is 10.8 Å². The highest BCUT2D eigenvalue weighted by Gasteiger charge is 2.44. The van der Waals surface area contributed by atoms with Crippen molar-refractivity contribution in [3.8, 4) is 0 Å². The highest BCUT2D eigenvalue weighted by atomic mass is 31.2. The highest BCUT2D eigenvalue weighted by Crippen LogP contribution is 2.55. The van der Waals surface area contributed by atoms with Gasteiger partial charge >= 0.3 is 24.3 Å². The van der Waals surface area contributed by atoms with E-state index in [1.807, 2.05) is 13.8 Å². The van der Waals surface area contributed by atoms with E-state index in [2.05, 4.69) is 96.3 Å². The summed E-state index contributed by atoms with van der Waals surface area (Å²) in [6.07, 6.45) is -5.32. The molecule has 51 heavy (non-hydrogen) atoms. The van der Waals surface area contributed by atoms with Crippen molar-refractivity contribution in [1.82, 2.24) is 10.2 Å². The Morgan fingerprint density at radius 2 is 1.08 bits per heavy atom. The topological polar surface area (TPSA) is 157 Å². The van der Waals surface area contributed by atoms with Gasteiger partial charge in [-0.05, 0) is 62.1 Å². The zero-order valence-corrected chi connectivity index (χ0v) is 29.4. The normalized spacial score (nSPS) is 11.5. The van der Waals surface area contributed by atoms with Crippen LogP contribution in [-0.2, 0) is 14.4 Å². The Balaban J connectivity index is 0.000000780. The lowest BCUT2D eigenvalue weighted by Crippen LogP contribution is -2.41. The summed E-state index contributed by atoms with van der Waals surface area (Å²) in [5.41, 5.74) is 5.02. The molecule has 0 bridgehead atoms. The Morgan fingerprint density at radius 1 is 0.725 bits per heavy atom. The number of carboxylic acid groups (broad SMARTS) is 2. The van der Waals surface area contributed by atoms with E-state index in [0.29, 0.717) is 19.5 Å². The highest BCUT2D eigenvalue weighted by molar-refractivity contribution is 7.95. The largest absolute Gasteiger partial charge is 0.490 e. The van der Waals surface area contributed by atoms with Gasteiger partial charge in [-0.3, -0.25) is 10.2 Å². The lowest BCUT2D eigenvalue weighted by Gasteiger charge is -2.28. The van der Waals surface area contributed by atoms with Gasteiger partial charge in [0.1, 0.15) is 23.2 Å². The molecule has 3 aromatic rings. The maximum absolute atomic E-state index is 12.8. The van der Waals surface area contributed by atoms with Crippen LogP contribution in [0.3, 0.4) is 0 Å². The molecule has 0 aliphatic heterocycles. The number of benzene rings is 3. The first-order chi connectivity index (χ1) is 23.7. The van der Waals surface area contributed by atoms with Crippen molar-refractivity contribution >= 4 is 47.0 Å². The number of aliphatic carboxylic acids is 2. The van der Waals surface area contributed by atoms with Crippen molar-refractivity contribution in [1.29, 1.82) is 5.41 Å². The fourth-order valence-corrected chi connectivity index (χ4v) is 9.07. The van der Waals surface area contributed by atoms with E-state index in [9.17, 15) is 31.1 Å². The van der Waals surface area contributed by atoms with Crippen molar-refractivity contribution in [2.24, 2.45) is 11.1 Å². The van der Waals surface area contributed by atoms with Crippen LogP contribution in [0.1, 0.15) is 39.5 Å². The number of carboxylic acids is 2. The van der Waals surface area contributed by atoms with Gasteiger partial charge in [-0.15, -0.1) is 0 Å². The molecule has 0 saturated carbocycles. The predicted molar refractivity (Wildman–Crippen MR) is 187 cm³/mol. The Morgan fingerprint density at radius 3 is 1.39 bits per heavy atom. The number of hydrogen-bond donors (Lipinski definition) is 5. The van der Waals surface area contributed by atoms with Crippen LogP contribution in [0.2, 0.25) is 0 Å². The van der Waals surface area contributed by atoms with Crippen LogP contribution in [0.15, 0.2) is 91.0 Å². The van der Waals surface area contributed by atoms with Gasteiger partial charge in [0, 0.05) is 25.6 Å². The number of nitrogens with two attached hydrogens (primary N) is 1. The molecule has 6 N–H and O–H groups in total. The molecule has 0 radical (unpaired) electrons. The van der Waals surface area contributed by atoms with Gasteiger partial charge in [-0.2, -0.15) is 26.3 Å². The van der Waals surface area contributed by atoms with Crippen molar-refractivity contribution in [3.05, 3.63) is 91.0 Å². The van der Waals surface area contributed by atoms with Crippen LogP contribution in [0.25, 0.3) is 0 Å². The number of unbranched alkanes of at least 4 members (excludes halogenated alkanes) is 2. The summed E-state index contributed by atoms with van der Waals surface area (Å²) < 4.78 is 63.5. The van der Waals surface area contributed by atoms with Crippen LogP contribution < -0.4 is 27.0 Å². The summed E-state index contributed by atoms with van der Waals surface area (Å²) in [4.78, 5) is 32.2. The monoisotopic (exact) mass is 745 g/mol. The Kier molecular flexibility index (Phi) is 17.6. The van der Waals surface area contributed by atoms with Crippen molar-refractivity contribution in [3.63, 3.8) is 0 Å². The van der Waals surface area contributed by atoms with Crippen LogP contribution in [-0.4, -0.2) is 77.6 Å². The Hall–Kier alpha value is -4.65. The fourth-order valence-electron chi connectivity index (χ4n) is 4.66. The van der Waals surface area contributed by atoms with Gasteiger partial charge in [-0.25, -0.2) is 9.59 Å². The Bertz CT molecular complexity index is 1410.